The van der Waals surface area contributed by atoms with Gasteiger partial charge in [-0.25, -0.2) is 4.57 Å². The molecule has 0 amide bonds. The van der Waals surface area contributed by atoms with Crippen molar-refractivity contribution in [2.24, 2.45) is 5.73 Å². The molecule has 0 aromatic rings. The summed E-state index contributed by atoms with van der Waals surface area (Å²) in [6.07, 6.45) is 56.7. The Balaban J connectivity index is 4.08. The number of unbranched alkanes of at least 4 members (excludes halogenated alkanes) is 34. The zero-order chi connectivity index (χ0) is 46.9. The van der Waals surface area contributed by atoms with Crippen molar-refractivity contribution in [1.82, 2.24) is 0 Å². The highest BCUT2D eigenvalue weighted by atomic mass is 31.2. The maximum atomic E-state index is 12.7. The van der Waals surface area contributed by atoms with E-state index in [4.69, 9.17) is 29.4 Å². The molecule has 0 aliphatic rings. The molecular formula is C53H102NO9P. The first-order chi connectivity index (χ1) is 31.2. The van der Waals surface area contributed by atoms with E-state index in [1.165, 1.54) is 193 Å². The van der Waals surface area contributed by atoms with Gasteiger partial charge in [0.2, 0.25) is 0 Å². The minimum Gasteiger partial charge on any atom is -0.480 e. The minimum atomic E-state index is -4.62. The van der Waals surface area contributed by atoms with E-state index in [1.807, 2.05) is 0 Å². The van der Waals surface area contributed by atoms with Gasteiger partial charge in [0, 0.05) is 13.0 Å². The van der Waals surface area contributed by atoms with Crippen LogP contribution in [-0.2, 0) is 32.7 Å². The summed E-state index contributed by atoms with van der Waals surface area (Å²) in [6, 6.07) is -1.47. The molecule has 3 unspecified atom stereocenters. The van der Waals surface area contributed by atoms with E-state index in [-0.39, 0.29) is 13.0 Å². The van der Waals surface area contributed by atoms with Crippen LogP contribution in [0.25, 0.3) is 0 Å². The number of hydrogen-bond donors (Lipinski definition) is 3. The fourth-order valence-electron chi connectivity index (χ4n) is 7.81. The SMILES string of the molecule is CCCCCC/C=C\C/C=C\CCCCCCCCCCOCC(COP(=O)(O)OCC(N)C(=O)O)OC(=O)CCCCCCCCCCCCCCCCCCCCCCCCC. The van der Waals surface area contributed by atoms with Crippen LogP contribution in [0.1, 0.15) is 264 Å². The van der Waals surface area contributed by atoms with Crippen LogP contribution in [0.15, 0.2) is 24.3 Å². The van der Waals surface area contributed by atoms with Gasteiger partial charge in [0.05, 0.1) is 19.8 Å². The molecule has 4 N–H and O–H groups in total. The first kappa shape index (κ1) is 62.4. The van der Waals surface area contributed by atoms with E-state index in [9.17, 15) is 19.0 Å². The maximum Gasteiger partial charge on any atom is 0.472 e. The highest BCUT2D eigenvalue weighted by molar-refractivity contribution is 7.47. The summed E-state index contributed by atoms with van der Waals surface area (Å²) in [5, 5.41) is 8.94. The van der Waals surface area contributed by atoms with Crippen molar-refractivity contribution in [3.8, 4) is 0 Å². The zero-order valence-corrected chi connectivity index (χ0v) is 42.5. The normalized spacial score (nSPS) is 13.8. The number of carbonyl (C=O) groups excluding carboxylic acids is 1. The Hall–Kier alpha value is -1.55. The van der Waals surface area contributed by atoms with Gasteiger partial charge < -0.3 is 25.2 Å². The fraction of sp³-hybridized carbons (Fsp3) is 0.887. The molecule has 0 bridgehead atoms. The van der Waals surface area contributed by atoms with Crippen molar-refractivity contribution < 1.29 is 42.7 Å². The zero-order valence-electron chi connectivity index (χ0n) is 41.6. The molecule has 0 heterocycles. The molecule has 0 aliphatic heterocycles. The number of ether oxygens (including phenoxy) is 2. The van der Waals surface area contributed by atoms with Crippen LogP contribution in [0.4, 0.5) is 0 Å². The van der Waals surface area contributed by atoms with E-state index in [0.29, 0.717) is 6.61 Å². The van der Waals surface area contributed by atoms with Crippen LogP contribution >= 0.6 is 7.82 Å². The first-order valence-electron chi connectivity index (χ1n) is 26.9. The summed E-state index contributed by atoms with van der Waals surface area (Å²) in [5.41, 5.74) is 5.38. The number of aliphatic carboxylic acids is 1. The number of phosphoric ester groups is 1. The van der Waals surface area contributed by atoms with Gasteiger partial charge in [0.15, 0.2) is 0 Å². The molecule has 0 fully saturated rings. The second-order valence-electron chi connectivity index (χ2n) is 18.4. The monoisotopic (exact) mass is 928 g/mol. The molecule has 0 aromatic carbocycles. The van der Waals surface area contributed by atoms with Gasteiger partial charge in [0.1, 0.15) is 12.1 Å². The van der Waals surface area contributed by atoms with Crippen molar-refractivity contribution in [3.05, 3.63) is 24.3 Å². The summed E-state index contributed by atoms with van der Waals surface area (Å²) >= 11 is 0. The molecule has 0 rings (SSSR count). The Morgan fingerprint density at radius 1 is 0.500 bits per heavy atom. The van der Waals surface area contributed by atoms with Crippen molar-refractivity contribution in [3.63, 3.8) is 0 Å². The van der Waals surface area contributed by atoms with E-state index in [0.717, 1.165) is 51.4 Å². The molecule has 11 heteroatoms. The van der Waals surface area contributed by atoms with E-state index in [2.05, 4.69) is 38.2 Å². The van der Waals surface area contributed by atoms with Gasteiger partial charge >= 0.3 is 19.8 Å². The summed E-state index contributed by atoms with van der Waals surface area (Å²) in [5.74, 6) is -1.77. The lowest BCUT2D eigenvalue weighted by Crippen LogP contribution is -2.34. The number of hydrogen-bond acceptors (Lipinski definition) is 8. The average molecular weight is 928 g/mol. The lowest BCUT2D eigenvalue weighted by atomic mass is 10.0. The first-order valence-corrected chi connectivity index (χ1v) is 28.4. The summed E-state index contributed by atoms with van der Waals surface area (Å²) in [7, 11) is -4.62. The van der Waals surface area contributed by atoms with Crippen molar-refractivity contribution in [2.45, 2.75) is 276 Å². The highest BCUT2D eigenvalue weighted by Crippen LogP contribution is 2.43. The third-order valence-corrected chi connectivity index (χ3v) is 12.9. The molecular weight excluding hydrogens is 826 g/mol. The third kappa shape index (κ3) is 48.4. The van der Waals surface area contributed by atoms with Gasteiger partial charge in [-0.15, -0.1) is 0 Å². The average Bonchev–Trinajstić information content (AvgIpc) is 3.28. The molecule has 0 aromatic heterocycles. The van der Waals surface area contributed by atoms with Crippen molar-refractivity contribution >= 4 is 19.8 Å². The summed E-state index contributed by atoms with van der Waals surface area (Å²) in [4.78, 5) is 33.7. The fourth-order valence-corrected chi connectivity index (χ4v) is 8.59. The Morgan fingerprint density at radius 2 is 0.859 bits per heavy atom. The van der Waals surface area contributed by atoms with Crippen LogP contribution in [0.2, 0.25) is 0 Å². The number of phosphoric acid groups is 1. The second-order valence-corrected chi connectivity index (χ2v) is 19.8. The van der Waals surface area contributed by atoms with E-state index in [1.54, 1.807) is 0 Å². The quantitative estimate of drug-likeness (QED) is 0.0232. The van der Waals surface area contributed by atoms with Crippen LogP contribution < -0.4 is 5.73 Å². The Morgan fingerprint density at radius 3 is 1.28 bits per heavy atom. The number of nitrogens with two attached hydrogens (primary N) is 1. The molecule has 0 radical (unpaired) electrons. The Labute approximate surface area is 394 Å². The lowest BCUT2D eigenvalue weighted by Gasteiger charge is -2.20. The topological polar surface area (TPSA) is 155 Å². The molecule has 0 saturated heterocycles. The van der Waals surface area contributed by atoms with E-state index < -0.39 is 45.1 Å². The van der Waals surface area contributed by atoms with Crippen molar-refractivity contribution in [2.75, 3.05) is 26.4 Å². The maximum absolute atomic E-state index is 12.7. The molecule has 0 spiro atoms. The molecule has 64 heavy (non-hydrogen) atoms. The van der Waals surface area contributed by atoms with Crippen molar-refractivity contribution in [1.29, 1.82) is 0 Å². The molecule has 3 atom stereocenters. The Bertz CT molecular complexity index is 1120. The number of carbonyl (C=O) groups is 2. The van der Waals surface area contributed by atoms with Crippen LogP contribution in [0.3, 0.4) is 0 Å². The molecule has 10 nitrogen and oxygen atoms in total. The van der Waals surface area contributed by atoms with Gasteiger partial charge in [-0.1, -0.05) is 237 Å². The highest BCUT2D eigenvalue weighted by Gasteiger charge is 2.27. The standard InChI is InChI=1S/C53H102NO9P/c1-3-5-7-9-11-13-15-17-19-21-23-24-25-26-27-29-31-33-35-37-39-41-43-45-52(55)63-50(48-61-64(58,59)62-49-51(54)53(56)57)47-60-46-44-42-40-38-36-34-32-30-28-22-20-18-16-14-12-10-8-6-4-2/h14,16,20,22,50-51H,3-13,15,17-19,21,23-49,54H2,1-2H3,(H,56,57)(H,58,59)/b16-14-,22-20-. The molecule has 0 saturated carbocycles. The third-order valence-electron chi connectivity index (χ3n) is 12.0. The van der Waals surface area contributed by atoms with Crippen LogP contribution in [-0.4, -0.2) is 60.5 Å². The van der Waals surface area contributed by atoms with Gasteiger partial charge in [-0.3, -0.25) is 18.6 Å². The number of esters is 1. The second kappa shape index (κ2) is 49.4. The number of rotatable bonds is 52. The Kier molecular flexibility index (Phi) is 48.2. The van der Waals surface area contributed by atoms with E-state index >= 15 is 0 Å². The van der Waals surface area contributed by atoms with Crippen LogP contribution in [0.5, 0.6) is 0 Å². The van der Waals surface area contributed by atoms with Gasteiger partial charge in [-0.05, 0) is 44.9 Å². The smallest absolute Gasteiger partial charge is 0.472 e. The molecule has 378 valence electrons. The predicted octanol–water partition coefficient (Wildman–Crippen LogP) is 15.8. The summed E-state index contributed by atoms with van der Waals surface area (Å²) in [6.45, 7) is 3.91. The van der Waals surface area contributed by atoms with Gasteiger partial charge in [0.25, 0.3) is 0 Å². The number of carboxylic acids is 1. The van der Waals surface area contributed by atoms with Gasteiger partial charge in [-0.2, -0.15) is 0 Å². The number of carboxylic acid groups (broad SMARTS) is 1. The summed E-state index contributed by atoms with van der Waals surface area (Å²) < 4.78 is 33.5. The predicted molar refractivity (Wildman–Crippen MR) is 268 cm³/mol. The van der Waals surface area contributed by atoms with Crippen LogP contribution in [0, 0.1) is 0 Å². The minimum absolute atomic E-state index is 0.0174. The molecule has 0 aliphatic carbocycles. The largest absolute Gasteiger partial charge is 0.480 e. The lowest BCUT2D eigenvalue weighted by molar-refractivity contribution is -0.154. The number of allylic oxidation sites excluding steroid dienone is 4.